The van der Waals surface area contributed by atoms with Crippen LogP contribution in [0.15, 0.2) is 53.4 Å². The second kappa shape index (κ2) is 7.39. The zero-order valence-electron chi connectivity index (χ0n) is 13.1. The highest BCUT2D eigenvalue weighted by Gasteiger charge is 2.14. The average molecular weight is 333 g/mol. The summed E-state index contributed by atoms with van der Waals surface area (Å²) in [5, 5.41) is 0. The molecular formula is C17H19NO4S. The van der Waals surface area contributed by atoms with Crippen molar-refractivity contribution in [2.24, 2.45) is 0 Å². The molecular weight excluding hydrogens is 314 g/mol. The van der Waals surface area contributed by atoms with Crippen LogP contribution in [0, 0.1) is 0 Å². The minimum absolute atomic E-state index is 0.0972. The van der Waals surface area contributed by atoms with Crippen LogP contribution in [0.5, 0.6) is 5.75 Å². The fourth-order valence-electron chi connectivity index (χ4n) is 2.09. The van der Waals surface area contributed by atoms with Crippen LogP contribution in [0.3, 0.4) is 0 Å². The summed E-state index contributed by atoms with van der Waals surface area (Å²) in [4.78, 5) is 11.4. The van der Waals surface area contributed by atoms with Gasteiger partial charge in [0.1, 0.15) is 5.75 Å². The highest BCUT2D eigenvalue weighted by molar-refractivity contribution is 7.89. The third kappa shape index (κ3) is 4.64. The smallest absolute Gasteiger partial charge is 0.240 e. The lowest BCUT2D eigenvalue weighted by Gasteiger charge is -2.08. The van der Waals surface area contributed by atoms with E-state index in [2.05, 4.69) is 4.72 Å². The summed E-state index contributed by atoms with van der Waals surface area (Å²) < 4.78 is 32.1. The molecule has 1 N–H and O–H groups in total. The monoisotopic (exact) mass is 333 g/mol. The van der Waals surface area contributed by atoms with Crippen molar-refractivity contribution in [3.8, 4) is 5.75 Å². The molecule has 0 fully saturated rings. The number of ether oxygens (including phenoxy) is 1. The molecule has 2 aromatic carbocycles. The molecule has 5 nitrogen and oxygen atoms in total. The van der Waals surface area contributed by atoms with E-state index >= 15 is 0 Å². The molecule has 0 spiro atoms. The number of Topliss-reactive ketones (excluding diaryl/α,β-unsaturated/α-hetero) is 1. The first-order valence-electron chi connectivity index (χ1n) is 7.16. The van der Waals surface area contributed by atoms with Crippen molar-refractivity contribution in [3.05, 3.63) is 59.7 Å². The third-order valence-electron chi connectivity index (χ3n) is 3.42. The molecule has 0 amide bonds. The molecule has 0 saturated heterocycles. The Kier molecular flexibility index (Phi) is 5.52. The van der Waals surface area contributed by atoms with E-state index in [4.69, 9.17) is 4.74 Å². The van der Waals surface area contributed by atoms with E-state index in [0.29, 0.717) is 12.0 Å². The van der Waals surface area contributed by atoms with Gasteiger partial charge in [0, 0.05) is 12.1 Å². The summed E-state index contributed by atoms with van der Waals surface area (Å²) in [5.41, 5.74) is 1.38. The molecule has 23 heavy (non-hydrogen) atoms. The molecule has 2 rings (SSSR count). The van der Waals surface area contributed by atoms with Crippen LogP contribution in [-0.4, -0.2) is 27.9 Å². The molecule has 122 valence electrons. The number of sulfonamides is 1. The standard InChI is InChI=1S/C17H19NO4S/c1-13(19)15-4-3-5-17(12-15)23(20,21)18-11-10-14-6-8-16(22-2)9-7-14/h3-9,12,18H,10-11H2,1-2H3. The first-order chi connectivity index (χ1) is 10.9. The Morgan fingerprint density at radius 1 is 1.13 bits per heavy atom. The van der Waals surface area contributed by atoms with Gasteiger partial charge in [0.15, 0.2) is 5.78 Å². The molecule has 0 saturated carbocycles. The number of methoxy groups -OCH3 is 1. The topological polar surface area (TPSA) is 72.5 Å². The number of hydrogen-bond donors (Lipinski definition) is 1. The Labute approximate surface area is 136 Å². The third-order valence-corrected chi connectivity index (χ3v) is 4.87. The van der Waals surface area contributed by atoms with Crippen LogP contribution in [0.25, 0.3) is 0 Å². The lowest BCUT2D eigenvalue weighted by atomic mass is 10.1. The maximum atomic E-state index is 12.3. The van der Waals surface area contributed by atoms with Crippen molar-refractivity contribution in [1.29, 1.82) is 0 Å². The van der Waals surface area contributed by atoms with Crippen LogP contribution in [0.1, 0.15) is 22.8 Å². The normalized spacial score (nSPS) is 11.2. The van der Waals surface area contributed by atoms with Gasteiger partial charge < -0.3 is 4.74 Å². The summed E-state index contributed by atoms with van der Waals surface area (Å²) in [7, 11) is -2.03. The van der Waals surface area contributed by atoms with Gasteiger partial charge in [-0.1, -0.05) is 24.3 Å². The van der Waals surface area contributed by atoms with Crippen LogP contribution in [0.4, 0.5) is 0 Å². The number of carbonyl (C=O) groups excluding carboxylic acids is 1. The first-order valence-corrected chi connectivity index (χ1v) is 8.64. The van der Waals surface area contributed by atoms with Gasteiger partial charge in [-0.05, 0) is 43.2 Å². The van der Waals surface area contributed by atoms with E-state index in [1.807, 2.05) is 24.3 Å². The molecule has 0 bridgehead atoms. The number of nitrogens with one attached hydrogen (secondary N) is 1. The molecule has 2 aromatic rings. The number of hydrogen-bond acceptors (Lipinski definition) is 4. The molecule has 0 aliphatic carbocycles. The number of carbonyl (C=O) groups is 1. The summed E-state index contributed by atoms with van der Waals surface area (Å²) >= 11 is 0. The van der Waals surface area contributed by atoms with E-state index < -0.39 is 10.0 Å². The summed E-state index contributed by atoms with van der Waals surface area (Å²) in [5.74, 6) is 0.593. The predicted octanol–water partition coefficient (Wildman–Crippen LogP) is 2.42. The number of ketones is 1. The molecule has 0 heterocycles. The molecule has 0 aliphatic rings. The van der Waals surface area contributed by atoms with Crippen LogP contribution >= 0.6 is 0 Å². The maximum Gasteiger partial charge on any atom is 0.240 e. The fourth-order valence-corrected chi connectivity index (χ4v) is 3.16. The molecule has 0 radical (unpaired) electrons. The van der Waals surface area contributed by atoms with Gasteiger partial charge in [0.25, 0.3) is 0 Å². The van der Waals surface area contributed by atoms with Crippen LogP contribution in [-0.2, 0) is 16.4 Å². The Morgan fingerprint density at radius 3 is 2.43 bits per heavy atom. The van der Waals surface area contributed by atoms with E-state index in [-0.39, 0.29) is 17.2 Å². The lowest BCUT2D eigenvalue weighted by Crippen LogP contribution is -2.26. The lowest BCUT2D eigenvalue weighted by molar-refractivity contribution is 0.101. The second-order valence-corrected chi connectivity index (χ2v) is 6.85. The predicted molar refractivity (Wildman–Crippen MR) is 88.3 cm³/mol. The van der Waals surface area contributed by atoms with E-state index in [9.17, 15) is 13.2 Å². The van der Waals surface area contributed by atoms with Gasteiger partial charge in [0.05, 0.1) is 12.0 Å². The van der Waals surface area contributed by atoms with Crippen LogP contribution < -0.4 is 9.46 Å². The summed E-state index contributed by atoms with van der Waals surface area (Å²) in [6.07, 6.45) is 0.565. The van der Waals surface area contributed by atoms with E-state index in [1.54, 1.807) is 19.2 Å². The van der Waals surface area contributed by atoms with Crippen molar-refractivity contribution in [2.75, 3.05) is 13.7 Å². The van der Waals surface area contributed by atoms with Crippen molar-refractivity contribution >= 4 is 15.8 Å². The molecule has 0 aliphatic heterocycles. The zero-order chi connectivity index (χ0) is 16.9. The van der Waals surface area contributed by atoms with E-state index in [0.717, 1.165) is 11.3 Å². The Morgan fingerprint density at radius 2 is 1.83 bits per heavy atom. The Balaban J connectivity index is 2.01. The Bertz CT molecular complexity index is 782. The van der Waals surface area contributed by atoms with Gasteiger partial charge in [-0.15, -0.1) is 0 Å². The molecule has 6 heteroatoms. The average Bonchev–Trinajstić information content (AvgIpc) is 2.55. The van der Waals surface area contributed by atoms with Crippen molar-refractivity contribution in [1.82, 2.24) is 4.72 Å². The van der Waals surface area contributed by atoms with Crippen molar-refractivity contribution < 1.29 is 17.9 Å². The first kappa shape index (κ1) is 17.2. The van der Waals surface area contributed by atoms with Gasteiger partial charge in [-0.25, -0.2) is 13.1 Å². The molecule has 0 aromatic heterocycles. The van der Waals surface area contributed by atoms with Crippen molar-refractivity contribution in [3.63, 3.8) is 0 Å². The maximum absolute atomic E-state index is 12.3. The summed E-state index contributed by atoms with van der Waals surface area (Å²) in [6, 6.07) is 13.5. The molecule has 0 atom stereocenters. The minimum atomic E-state index is -3.63. The molecule has 0 unspecified atom stereocenters. The fraction of sp³-hybridized carbons (Fsp3) is 0.235. The largest absolute Gasteiger partial charge is 0.497 e. The number of rotatable bonds is 7. The van der Waals surface area contributed by atoms with Gasteiger partial charge in [-0.3, -0.25) is 4.79 Å². The van der Waals surface area contributed by atoms with Gasteiger partial charge >= 0.3 is 0 Å². The quantitative estimate of drug-likeness (QED) is 0.790. The zero-order valence-corrected chi connectivity index (χ0v) is 13.9. The van der Waals surface area contributed by atoms with Crippen molar-refractivity contribution in [2.45, 2.75) is 18.2 Å². The van der Waals surface area contributed by atoms with Gasteiger partial charge in [-0.2, -0.15) is 0 Å². The van der Waals surface area contributed by atoms with Crippen LogP contribution in [0.2, 0.25) is 0 Å². The highest BCUT2D eigenvalue weighted by atomic mass is 32.2. The second-order valence-electron chi connectivity index (χ2n) is 5.08. The van der Waals surface area contributed by atoms with Gasteiger partial charge in [0.2, 0.25) is 10.0 Å². The summed E-state index contributed by atoms with van der Waals surface area (Å²) in [6.45, 7) is 1.68. The Hall–Kier alpha value is -2.18. The van der Waals surface area contributed by atoms with E-state index in [1.165, 1.54) is 19.1 Å². The minimum Gasteiger partial charge on any atom is -0.497 e. The SMILES string of the molecule is COc1ccc(CCNS(=O)(=O)c2cccc(C(C)=O)c2)cc1. The number of benzene rings is 2. The highest BCUT2D eigenvalue weighted by Crippen LogP contribution is 2.13.